The zero-order chi connectivity index (χ0) is 20.2. The van der Waals surface area contributed by atoms with Crippen LogP contribution in [0, 0.1) is 12.8 Å². The predicted octanol–water partition coefficient (Wildman–Crippen LogP) is 8.41. The van der Waals surface area contributed by atoms with Gasteiger partial charge in [0, 0.05) is 0 Å². The van der Waals surface area contributed by atoms with Gasteiger partial charge in [0.25, 0.3) is 0 Å². The molecule has 0 N–H and O–H groups in total. The molecule has 0 heterocycles. The van der Waals surface area contributed by atoms with Gasteiger partial charge in [0.05, 0.1) is 0 Å². The van der Waals surface area contributed by atoms with Crippen LogP contribution in [0.3, 0.4) is 0 Å². The SMILES string of the molecule is Cc1ccccc1-c1c(C(C)(C)C)ccc2[cH-]c(CC(C)C)cc12.[Cl][Zr][Cl]. The average Bonchev–Trinajstić information content (AvgIpc) is 2.96. The van der Waals surface area contributed by atoms with Crippen molar-refractivity contribution in [3.63, 3.8) is 0 Å². The van der Waals surface area contributed by atoms with Crippen LogP contribution in [0.25, 0.3) is 21.9 Å². The fraction of sp³-hybridized carbons (Fsp3) is 0.375. The third kappa shape index (κ3) is 5.75. The van der Waals surface area contributed by atoms with Crippen molar-refractivity contribution >= 4 is 27.8 Å². The molecule has 0 radical (unpaired) electrons. The van der Waals surface area contributed by atoms with Crippen LogP contribution in [0.5, 0.6) is 0 Å². The van der Waals surface area contributed by atoms with Gasteiger partial charge in [-0.25, -0.2) is 0 Å². The van der Waals surface area contributed by atoms with Crippen LogP contribution in [0.2, 0.25) is 0 Å². The Bertz CT molecular complexity index is 885. The molecule has 3 aromatic carbocycles. The van der Waals surface area contributed by atoms with Crippen LogP contribution in [0.4, 0.5) is 0 Å². The van der Waals surface area contributed by atoms with Gasteiger partial charge in [-0.2, -0.15) is 6.07 Å². The molecule has 3 rings (SSSR count). The molecule has 0 saturated heterocycles. The fourth-order valence-electron chi connectivity index (χ4n) is 3.70. The van der Waals surface area contributed by atoms with Crippen LogP contribution in [0.1, 0.15) is 51.3 Å². The van der Waals surface area contributed by atoms with Gasteiger partial charge in [-0.15, -0.1) is 34.5 Å². The van der Waals surface area contributed by atoms with Crippen LogP contribution in [0.15, 0.2) is 48.5 Å². The van der Waals surface area contributed by atoms with Gasteiger partial charge in [-0.1, -0.05) is 70.0 Å². The first-order chi connectivity index (χ1) is 12.7. The summed E-state index contributed by atoms with van der Waals surface area (Å²) < 4.78 is 0. The summed E-state index contributed by atoms with van der Waals surface area (Å²) in [4.78, 5) is 0. The standard InChI is InChI=1S/C24H29.2ClH.Zr/c1-16(2)13-18-14-19-11-12-22(24(4,5)6)23(21(19)15-18)20-10-8-7-9-17(20)3;;;/h7-12,14-16H,13H2,1-6H3;2*1H;/q-1;;;+2/p-2. The Balaban J connectivity index is 0.000000817. The molecule has 0 aliphatic carbocycles. The summed E-state index contributed by atoms with van der Waals surface area (Å²) in [7, 11) is 9.87. The zero-order valence-corrected chi connectivity index (χ0v) is 21.1. The Morgan fingerprint density at radius 2 is 1.67 bits per heavy atom. The fourth-order valence-corrected chi connectivity index (χ4v) is 3.70. The van der Waals surface area contributed by atoms with Gasteiger partial charge in [0.1, 0.15) is 0 Å². The summed E-state index contributed by atoms with van der Waals surface area (Å²) in [6.45, 7) is 13.7. The zero-order valence-electron chi connectivity index (χ0n) is 17.2. The average molecular weight is 480 g/mol. The molecule has 0 aliphatic heterocycles. The topological polar surface area (TPSA) is 0 Å². The number of benzene rings is 2. The van der Waals surface area contributed by atoms with Crippen molar-refractivity contribution in [2.75, 3.05) is 0 Å². The van der Waals surface area contributed by atoms with Gasteiger partial charge in [0.15, 0.2) is 0 Å². The van der Waals surface area contributed by atoms with Gasteiger partial charge in [0.2, 0.25) is 0 Å². The summed E-state index contributed by atoms with van der Waals surface area (Å²) in [5.74, 6) is 0.686. The van der Waals surface area contributed by atoms with Crippen molar-refractivity contribution in [1.29, 1.82) is 0 Å². The van der Waals surface area contributed by atoms with E-state index in [4.69, 9.17) is 17.0 Å². The molecule has 0 amide bonds. The summed E-state index contributed by atoms with van der Waals surface area (Å²) in [6.07, 6.45) is 1.15. The molecule has 144 valence electrons. The maximum absolute atomic E-state index is 4.93. The second kappa shape index (κ2) is 9.82. The van der Waals surface area contributed by atoms with Crippen LogP contribution >= 0.6 is 17.0 Å². The molecule has 27 heavy (non-hydrogen) atoms. The van der Waals surface area contributed by atoms with Crippen molar-refractivity contribution < 1.29 is 20.8 Å². The van der Waals surface area contributed by atoms with Crippen molar-refractivity contribution in [1.82, 2.24) is 0 Å². The number of aryl methyl sites for hydroxylation is 1. The quantitative estimate of drug-likeness (QED) is 0.331. The second-order valence-corrected chi connectivity index (χ2v) is 12.3. The molecule has 0 fully saturated rings. The van der Waals surface area contributed by atoms with E-state index in [1.807, 2.05) is 0 Å². The Labute approximate surface area is 183 Å². The molecule has 0 unspecified atom stereocenters. The third-order valence-electron chi connectivity index (χ3n) is 4.82. The Kier molecular flexibility index (Phi) is 8.29. The summed E-state index contributed by atoms with van der Waals surface area (Å²) in [6, 6.07) is 18.2. The van der Waals surface area contributed by atoms with Gasteiger partial charge >= 0.3 is 37.9 Å². The van der Waals surface area contributed by atoms with Crippen molar-refractivity contribution in [3.05, 3.63) is 65.2 Å². The van der Waals surface area contributed by atoms with Crippen LogP contribution in [-0.2, 0) is 32.7 Å². The molecule has 3 heteroatoms. The number of fused-ring (bicyclic) bond motifs is 1. The molecular weight excluding hydrogens is 450 g/mol. The predicted molar refractivity (Wildman–Crippen MR) is 119 cm³/mol. The van der Waals surface area contributed by atoms with E-state index in [1.54, 1.807) is 0 Å². The molecule has 0 aromatic heterocycles. The minimum atomic E-state index is -0.826. The summed E-state index contributed by atoms with van der Waals surface area (Å²) in [5, 5.41) is 2.78. The molecule has 0 spiro atoms. The summed E-state index contributed by atoms with van der Waals surface area (Å²) in [5.41, 5.74) is 7.17. The minimum absolute atomic E-state index is 0.126. The van der Waals surface area contributed by atoms with Gasteiger partial charge in [-0.3, -0.25) is 0 Å². The van der Waals surface area contributed by atoms with Crippen molar-refractivity contribution in [2.45, 2.75) is 53.4 Å². The molecule has 0 bridgehead atoms. The van der Waals surface area contributed by atoms with Crippen molar-refractivity contribution in [3.8, 4) is 11.1 Å². The monoisotopic (exact) mass is 477 g/mol. The van der Waals surface area contributed by atoms with Gasteiger partial charge in [-0.05, 0) is 35.8 Å². The van der Waals surface area contributed by atoms with E-state index in [2.05, 4.69) is 90.1 Å². The molecule has 0 nitrogen and oxygen atoms in total. The van der Waals surface area contributed by atoms with Crippen LogP contribution in [-0.4, -0.2) is 0 Å². The first-order valence-electron chi connectivity index (χ1n) is 9.44. The van der Waals surface area contributed by atoms with Crippen molar-refractivity contribution in [2.24, 2.45) is 5.92 Å². The molecule has 0 atom stereocenters. The Morgan fingerprint density at radius 1 is 1.04 bits per heavy atom. The van der Waals surface area contributed by atoms with E-state index in [0.717, 1.165) is 6.42 Å². The number of halogens is 2. The molecule has 3 aromatic rings. The molecule has 0 aliphatic rings. The van der Waals surface area contributed by atoms with Crippen LogP contribution < -0.4 is 0 Å². The second-order valence-electron chi connectivity index (χ2n) is 8.59. The molecular formula is C24H29Cl2Zr-. The van der Waals surface area contributed by atoms with Gasteiger partial charge < -0.3 is 0 Å². The van der Waals surface area contributed by atoms with E-state index in [-0.39, 0.29) is 5.41 Å². The first kappa shape index (κ1) is 22.8. The Hall–Kier alpha value is -0.487. The number of hydrogen-bond donors (Lipinski definition) is 0. The van der Waals surface area contributed by atoms with E-state index >= 15 is 0 Å². The number of hydrogen-bond acceptors (Lipinski definition) is 0. The first-order valence-corrected chi connectivity index (χ1v) is 15.8. The van der Waals surface area contributed by atoms with E-state index in [9.17, 15) is 0 Å². The van der Waals surface area contributed by atoms with E-state index < -0.39 is 20.8 Å². The molecule has 0 saturated carbocycles. The maximum atomic E-state index is 4.93. The number of rotatable bonds is 3. The summed E-state index contributed by atoms with van der Waals surface area (Å²) >= 11 is -0.826. The third-order valence-corrected chi connectivity index (χ3v) is 4.82. The van der Waals surface area contributed by atoms with E-state index in [0.29, 0.717) is 5.92 Å². The Morgan fingerprint density at radius 3 is 2.22 bits per heavy atom. The normalized spacial score (nSPS) is 11.4. The van der Waals surface area contributed by atoms with E-state index in [1.165, 1.54) is 38.6 Å².